The van der Waals surface area contributed by atoms with E-state index in [1.807, 2.05) is 0 Å². The zero-order valence-electron chi connectivity index (χ0n) is 15.2. The highest BCUT2D eigenvalue weighted by molar-refractivity contribution is 5.75. The number of hydrogen-bond donors (Lipinski definition) is 0. The van der Waals surface area contributed by atoms with Crippen molar-refractivity contribution >= 4 is 22.4 Å². The number of nitro groups is 2. The highest BCUT2D eigenvalue weighted by Crippen LogP contribution is 2.38. The van der Waals surface area contributed by atoms with Crippen molar-refractivity contribution in [3.8, 4) is 23.3 Å². The number of aromatic nitrogens is 2. The normalized spacial score (nSPS) is 10.5. The van der Waals surface area contributed by atoms with E-state index in [4.69, 9.17) is 9.47 Å². The minimum absolute atomic E-state index is 0.0699. The van der Waals surface area contributed by atoms with Gasteiger partial charge in [-0.3, -0.25) is 20.2 Å². The summed E-state index contributed by atoms with van der Waals surface area (Å²) in [5.74, 6) is -0.471. The molecule has 0 aliphatic rings. The molecule has 3 aromatic carbocycles. The minimum Gasteiger partial charge on any atom is -0.427 e. The predicted octanol–water partition coefficient (Wildman–Crippen LogP) is 5.03. The van der Waals surface area contributed by atoms with Gasteiger partial charge in [0.25, 0.3) is 11.8 Å². The van der Waals surface area contributed by atoms with Gasteiger partial charge in [-0.15, -0.1) is 0 Å². The van der Waals surface area contributed by atoms with Crippen molar-refractivity contribution < 1.29 is 19.3 Å². The van der Waals surface area contributed by atoms with Crippen molar-refractivity contribution in [3.05, 3.63) is 93.0 Å². The molecule has 10 heteroatoms. The molecular weight excluding hydrogens is 392 g/mol. The summed E-state index contributed by atoms with van der Waals surface area (Å²) in [6.45, 7) is 0. The molecule has 0 aliphatic heterocycles. The van der Waals surface area contributed by atoms with Crippen molar-refractivity contribution in [1.29, 1.82) is 0 Å². The maximum absolute atomic E-state index is 11.3. The zero-order valence-corrected chi connectivity index (χ0v) is 15.2. The molecule has 0 saturated heterocycles. The van der Waals surface area contributed by atoms with Gasteiger partial charge < -0.3 is 9.47 Å². The first kappa shape index (κ1) is 18.7. The molecule has 4 rings (SSSR count). The lowest BCUT2D eigenvalue weighted by Crippen LogP contribution is -2.00. The van der Waals surface area contributed by atoms with E-state index in [1.165, 1.54) is 36.4 Å². The van der Waals surface area contributed by atoms with Crippen LogP contribution in [0.25, 0.3) is 11.0 Å². The van der Waals surface area contributed by atoms with Gasteiger partial charge in [-0.2, -0.15) is 0 Å². The summed E-state index contributed by atoms with van der Waals surface area (Å²) in [5, 5.41) is 22.6. The number of para-hydroxylation sites is 6. The van der Waals surface area contributed by atoms with Crippen molar-refractivity contribution in [2.75, 3.05) is 0 Å². The van der Waals surface area contributed by atoms with Gasteiger partial charge in [0, 0.05) is 12.1 Å². The Bertz CT molecular complexity index is 1180. The van der Waals surface area contributed by atoms with Crippen LogP contribution in [0.5, 0.6) is 23.3 Å². The number of hydrogen-bond acceptors (Lipinski definition) is 8. The third-order valence-corrected chi connectivity index (χ3v) is 4.05. The van der Waals surface area contributed by atoms with Gasteiger partial charge in [0.2, 0.25) is 11.5 Å². The summed E-state index contributed by atoms with van der Waals surface area (Å²) >= 11 is 0. The monoisotopic (exact) mass is 404 g/mol. The molecule has 148 valence electrons. The molecule has 0 spiro atoms. The fourth-order valence-corrected chi connectivity index (χ4v) is 2.70. The molecule has 0 radical (unpaired) electrons. The lowest BCUT2D eigenvalue weighted by Gasteiger charge is -2.11. The Morgan fingerprint density at radius 1 is 0.600 bits per heavy atom. The minimum atomic E-state index is -0.591. The molecule has 0 atom stereocenters. The lowest BCUT2D eigenvalue weighted by molar-refractivity contribution is -0.385. The second kappa shape index (κ2) is 7.80. The molecule has 0 saturated carbocycles. The highest BCUT2D eigenvalue weighted by Gasteiger charge is 2.22. The third kappa shape index (κ3) is 3.69. The molecular formula is C20H12N4O6. The van der Waals surface area contributed by atoms with Gasteiger partial charge in [-0.05, 0) is 24.3 Å². The number of benzene rings is 3. The van der Waals surface area contributed by atoms with Crippen LogP contribution < -0.4 is 9.47 Å². The van der Waals surface area contributed by atoms with Gasteiger partial charge in [0.1, 0.15) is 0 Å². The van der Waals surface area contributed by atoms with Gasteiger partial charge in [-0.25, -0.2) is 9.97 Å². The lowest BCUT2D eigenvalue weighted by atomic mass is 10.3. The van der Waals surface area contributed by atoms with Crippen molar-refractivity contribution in [2.45, 2.75) is 0 Å². The summed E-state index contributed by atoms with van der Waals surface area (Å²) in [7, 11) is 0. The summed E-state index contributed by atoms with van der Waals surface area (Å²) in [5.41, 5.74) is 0.371. The number of nitro benzene ring substituents is 2. The van der Waals surface area contributed by atoms with Gasteiger partial charge in [-0.1, -0.05) is 36.4 Å². The second-order valence-electron chi connectivity index (χ2n) is 5.98. The van der Waals surface area contributed by atoms with E-state index in [1.54, 1.807) is 36.4 Å². The van der Waals surface area contributed by atoms with Crippen LogP contribution in [0.3, 0.4) is 0 Å². The van der Waals surface area contributed by atoms with E-state index in [0.29, 0.717) is 11.0 Å². The first-order valence-electron chi connectivity index (χ1n) is 8.62. The predicted molar refractivity (Wildman–Crippen MR) is 106 cm³/mol. The van der Waals surface area contributed by atoms with E-state index in [9.17, 15) is 20.2 Å². The van der Waals surface area contributed by atoms with Crippen LogP contribution >= 0.6 is 0 Å². The fourth-order valence-electron chi connectivity index (χ4n) is 2.70. The Morgan fingerprint density at radius 2 is 0.967 bits per heavy atom. The number of fused-ring (bicyclic) bond motifs is 1. The molecule has 0 fully saturated rings. The van der Waals surface area contributed by atoms with E-state index >= 15 is 0 Å². The molecule has 0 amide bonds. The Balaban J connectivity index is 1.83. The van der Waals surface area contributed by atoms with E-state index in [2.05, 4.69) is 9.97 Å². The summed E-state index contributed by atoms with van der Waals surface area (Å²) in [6.07, 6.45) is 0. The van der Waals surface area contributed by atoms with Crippen LogP contribution in [0, 0.1) is 20.2 Å². The van der Waals surface area contributed by atoms with E-state index in [0.717, 1.165) is 0 Å². The molecule has 4 aromatic rings. The zero-order chi connectivity index (χ0) is 21.1. The maximum Gasteiger partial charge on any atom is 0.311 e. The number of ether oxygens (including phenoxy) is 2. The quantitative estimate of drug-likeness (QED) is 0.323. The molecule has 0 unspecified atom stereocenters. The summed E-state index contributed by atoms with van der Waals surface area (Å²) in [6, 6.07) is 18.4. The van der Waals surface area contributed by atoms with Crippen molar-refractivity contribution in [2.24, 2.45) is 0 Å². The van der Waals surface area contributed by atoms with Gasteiger partial charge in [0.05, 0.1) is 20.9 Å². The van der Waals surface area contributed by atoms with Crippen molar-refractivity contribution in [3.63, 3.8) is 0 Å². The Morgan fingerprint density at radius 3 is 1.37 bits per heavy atom. The van der Waals surface area contributed by atoms with Crippen LogP contribution in [0.2, 0.25) is 0 Å². The van der Waals surface area contributed by atoms with Gasteiger partial charge in [0.15, 0.2) is 0 Å². The van der Waals surface area contributed by atoms with Gasteiger partial charge >= 0.3 is 11.4 Å². The average molecular weight is 404 g/mol. The highest BCUT2D eigenvalue weighted by atomic mass is 16.6. The van der Waals surface area contributed by atoms with Crippen LogP contribution in [-0.4, -0.2) is 19.8 Å². The van der Waals surface area contributed by atoms with E-state index in [-0.39, 0.29) is 34.6 Å². The first-order valence-corrected chi connectivity index (χ1v) is 8.62. The van der Waals surface area contributed by atoms with Crippen LogP contribution in [0.1, 0.15) is 0 Å². The van der Waals surface area contributed by atoms with Crippen LogP contribution in [-0.2, 0) is 0 Å². The third-order valence-electron chi connectivity index (χ3n) is 4.05. The smallest absolute Gasteiger partial charge is 0.311 e. The topological polar surface area (TPSA) is 131 Å². The maximum atomic E-state index is 11.3. The summed E-state index contributed by atoms with van der Waals surface area (Å²) < 4.78 is 11.3. The summed E-state index contributed by atoms with van der Waals surface area (Å²) in [4.78, 5) is 30.1. The van der Waals surface area contributed by atoms with Crippen LogP contribution in [0.4, 0.5) is 11.4 Å². The molecule has 1 aromatic heterocycles. The van der Waals surface area contributed by atoms with Crippen molar-refractivity contribution in [1.82, 2.24) is 9.97 Å². The Hall–Kier alpha value is -4.60. The SMILES string of the molecule is O=[N+]([O-])c1ccccc1Oc1nc2ccccc2nc1Oc1ccccc1[N+](=O)[O-]. The number of nitrogens with zero attached hydrogens (tertiary/aromatic N) is 4. The molecule has 0 aliphatic carbocycles. The fraction of sp³-hybridized carbons (Fsp3) is 0. The number of rotatable bonds is 6. The Kier molecular flexibility index (Phi) is 4.87. The second-order valence-corrected chi connectivity index (χ2v) is 5.98. The largest absolute Gasteiger partial charge is 0.427 e. The first-order chi connectivity index (χ1) is 14.5. The molecule has 0 bridgehead atoms. The molecule has 0 N–H and O–H groups in total. The molecule has 1 heterocycles. The van der Waals surface area contributed by atoms with Crippen LogP contribution in [0.15, 0.2) is 72.8 Å². The van der Waals surface area contributed by atoms with E-state index < -0.39 is 9.85 Å². The standard InChI is InChI=1S/C20H12N4O6/c25-23(26)15-9-3-5-11-17(15)29-19-20(22-14-8-2-1-7-13(14)21-19)30-18-12-6-4-10-16(18)24(27)28/h1-12H. The average Bonchev–Trinajstić information content (AvgIpc) is 2.74. The molecule has 10 nitrogen and oxygen atoms in total. The molecule has 30 heavy (non-hydrogen) atoms. The Labute approximate surface area is 168 Å².